The number of methoxy groups -OCH3 is 1. The molecule has 0 aliphatic heterocycles. The van der Waals surface area contributed by atoms with Gasteiger partial charge in [0, 0.05) is 23.8 Å². The molecule has 0 atom stereocenters. The summed E-state index contributed by atoms with van der Waals surface area (Å²) in [5.41, 5.74) is 1.23. The maximum absolute atomic E-state index is 12.0. The Bertz CT molecular complexity index is 632. The second kappa shape index (κ2) is 6.59. The largest absolute Gasteiger partial charge is 0.481 e. The van der Waals surface area contributed by atoms with Gasteiger partial charge in [-0.2, -0.15) is 0 Å². The molecule has 1 N–H and O–H groups in total. The number of carbonyl (C=O) groups excluding carboxylic acids is 1. The lowest BCUT2D eigenvalue weighted by Crippen LogP contribution is -2.23. The zero-order valence-corrected chi connectivity index (χ0v) is 12.2. The summed E-state index contributed by atoms with van der Waals surface area (Å²) in [5, 5.41) is 3.59. The lowest BCUT2D eigenvalue weighted by atomic mass is 10.2. The van der Waals surface area contributed by atoms with Gasteiger partial charge < -0.3 is 10.1 Å². The van der Waals surface area contributed by atoms with Crippen LogP contribution in [0.4, 0.5) is 0 Å². The van der Waals surface area contributed by atoms with Crippen LogP contribution < -0.4 is 10.1 Å². The van der Waals surface area contributed by atoms with Crippen LogP contribution in [-0.4, -0.2) is 18.0 Å². The molecule has 0 saturated carbocycles. The van der Waals surface area contributed by atoms with E-state index >= 15 is 0 Å². The monoisotopic (exact) mass is 310 g/mol. The number of carbonyl (C=O) groups is 1. The number of pyridine rings is 1. The average Bonchev–Trinajstić information content (AvgIpc) is 2.47. The molecule has 0 saturated heterocycles. The van der Waals surface area contributed by atoms with E-state index in [1.54, 1.807) is 30.5 Å². The normalized spacial score (nSPS) is 10.2. The quantitative estimate of drug-likeness (QED) is 0.942. The number of rotatable bonds is 4. The third-order valence-electron chi connectivity index (χ3n) is 2.63. The van der Waals surface area contributed by atoms with E-state index in [0.717, 1.165) is 5.56 Å². The predicted molar refractivity (Wildman–Crippen MR) is 78.4 cm³/mol. The van der Waals surface area contributed by atoms with Gasteiger partial charge in [-0.3, -0.25) is 4.79 Å². The summed E-state index contributed by atoms with van der Waals surface area (Å²) in [6, 6.07) is 8.30. The molecule has 0 spiro atoms. The minimum absolute atomic E-state index is 0.284. The van der Waals surface area contributed by atoms with Gasteiger partial charge in [0.2, 0.25) is 5.88 Å². The van der Waals surface area contributed by atoms with Crippen LogP contribution in [0.5, 0.6) is 5.88 Å². The summed E-state index contributed by atoms with van der Waals surface area (Å²) >= 11 is 11.8. The Labute approximate surface area is 126 Å². The molecule has 2 rings (SSSR count). The number of aromatic nitrogens is 1. The van der Waals surface area contributed by atoms with Gasteiger partial charge in [-0.25, -0.2) is 4.98 Å². The topological polar surface area (TPSA) is 51.2 Å². The van der Waals surface area contributed by atoms with Crippen molar-refractivity contribution >= 4 is 29.1 Å². The fourth-order valence-electron chi connectivity index (χ4n) is 1.62. The van der Waals surface area contributed by atoms with Crippen LogP contribution in [0.25, 0.3) is 0 Å². The van der Waals surface area contributed by atoms with Crippen LogP contribution in [0.15, 0.2) is 36.5 Å². The van der Waals surface area contributed by atoms with E-state index in [9.17, 15) is 4.79 Å². The molecule has 1 aromatic carbocycles. The fourth-order valence-corrected chi connectivity index (χ4v) is 2.00. The molecule has 0 bridgehead atoms. The molecule has 1 heterocycles. The van der Waals surface area contributed by atoms with Crippen LogP contribution in [0.3, 0.4) is 0 Å². The minimum atomic E-state index is -0.284. The average molecular weight is 311 g/mol. The van der Waals surface area contributed by atoms with Crippen molar-refractivity contribution < 1.29 is 9.53 Å². The molecule has 6 heteroatoms. The van der Waals surface area contributed by atoms with Gasteiger partial charge in [-0.05, 0) is 29.8 Å². The van der Waals surface area contributed by atoms with Crippen molar-refractivity contribution in [1.82, 2.24) is 10.3 Å². The summed E-state index contributed by atoms with van der Waals surface area (Å²) in [7, 11) is 1.54. The Hall–Kier alpha value is -1.78. The standard InChI is InChI=1S/C14H12Cl2N2O2/c1-20-13-6-9(4-5-17-13)8-18-14(19)11-7-10(15)2-3-12(11)16/h2-7H,8H2,1H3,(H,18,19). The van der Waals surface area contributed by atoms with Crippen LogP contribution in [0.2, 0.25) is 10.0 Å². The molecule has 0 unspecified atom stereocenters. The number of halogens is 2. The van der Waals surface area contributed by atoms with Crippen molar-refractivity contribution in [3.05, 3.63) is 57.7 Å². The first-order chi connectivity index (χ1) is 9.60. The van der Waals surface area contributed by atoms with Gasteiger partial charge in [-0.1, -0.05) is 23.2 Å². The SMILES string of the molecule is COc1cc(CNC(=O)c2cc(Cl)ccc2Cl)ccn1. The molecule has 104 valence electrons. The van der Waals surface area contributed by atoms with E-state index in [1.165, 1.54) is 13.2 Å². The number of amides is 1. The molecule has 2 aromatic rings. The minimum Gasteiger partial charge on any atom is -0.481 e. The third kappa shape index (κ3) is 3.62. The Morgan fingerprint density at radius 2 is 2.10 bits per heavy atom. The van der Waals surface area contributed by atoms with E-state index in [4.69, 9.17) is 27.9 Å². The number of benzene rings is 1. The number of nitrogens with one attached hydrogen (secondary N) is 1. The van der Waals surface area contributed by atoms with Crippen molar-refractivity contribution in [1.29, 1.82) is 0 Å². The Balaban J connectivity index is 2.06. The van der Waals surface area contributed by atoms with Crippen LogP contribution >= 0.6 is 23.2 Å². The second-order valence-electron chi connectivity index (χ2n) is 4.01. The first-order valence-electron chi connectivity index (χ1n) is 5.82. The van der Waals surface area contributed by atoms with E-state index in [-0.39, 0.29) is 5.91 Å². The summed E-state index contributed by atoms with van der Waals surface area (Å²) in [6.07, 6.45) is 1.62. The van der Waals surface area contributed by atoms with Gasteiger partial charge >= 0.3 is 0 Å². The highest BCUT2D eigenvalue weighted by Crippen LogP contribution is 2.20. The highest BCUT2D eigenvalue weighted by molar-refractivity contribution is 6.35. The third-order valence-corrected chi connectivity index (χ3v) is 3.20. The molecule has 4 nitrogen and oxygen atoms in total. The predicted octanol–water partition coefficient (Wildman–Crippen LogP) is 3.33. The van der Waals surface area contributed by atoms with E-state index in [0.29, 0.717) is 28.0 Å². The van der Waals surface area contributed by atoms with Gasteiger partial charge in [0.05, 0.1) is 17.7 Å². The lowest BCUT2D eigenvalue weighted by Gasteiger charge is -2.08. The van der Waals surface area contributed by atoms with Crippen molar-refractivity contribution in [2.75, 3.05) is 7.11 Å². The summed E-state index contributed by atoms with van der Waals surface area (Å²) < 4.78 is 5.02. The van der Waals surface area contributed by atoms with Gasteiger partial charge in [-0.15, -0.1) is 0 Å². The molecule has 0 fully saturated rings. The first-order valence-corrected chi connectivity index (χ1v) is 6.58. The molecule has 0 aliphatic rings. The molecule has 0 radical (unpaired) electrons. The smallest absolute Gasteiger partial charge is 0.253 e. The zero-order chi connectivity index (χ0) is 14.5. The lowest BCUT2D eigenvalue weighted by molar-refractivity contribution is 0.0951. The summed E-state index contributed by atoms with van der Waals surface area (Å²) in [6.45, 7) is 0.348. The second-order valence-corrected chi connectivity index (χ2v) is 4.86. The summed E-state index contributed by atoms with van der Waals surface area (Å²) in [4.78, 5) is 16.0. The van der Waals surface area contributed by atoms with Gasteiger partial charge in [0.15, 0.2) is 0 Å². The molecular formula is C14H12Cl2N2O2. The molecular weight excluding hydrogens is 299 g/mol. The van der Waals surface area contributed by atoms with E-state index in [2.05, 4.69) is 10.3 Å². The first kappa shape index (κ1) is 14.6. The Morgan fingerprint density at radius 3 is 2.85 bits per heavy atom. The molecule has 0 aliphatic carbocycles. The summed E-state index contributed by atoms with van der Waals surface area (Å²) in [5.74, 6) is 0.214. The number of hydrogen-bond acceptors (Lipinski definition) is 3. The Kier molecular flexibility index (Phi) is 4.82. The number of nitrogens with zero attached hydrogens (tertiary/aromatic N) is 1. The molecule has 1 amide bonds. The maximum Gasteiger partial charge on any atom is 0.253 e. The fraction of sp³-hybridized carbons (Fsp3) is 0.143. The highest BCUT2D eigenvalue weighted by Gasteiger charge is 2.10. The van der Waals surface area contributed by atoms with Crippen molar-refractivity contribution in [2.45, 2.75) is 6.54 Å². The molecule has 1 aromatic heterocycles. The van der Waals surface area contributed by atoms with Gasteiger partial charge in [0.1, 0.15) is 0 Å². The van der Waals surface area contributed by atoms with Crippen LogP contribution in [0, 0.1) is 0 Å². The van der Waals surface area contributed by atoms with Crippen molar-refractivity contribution in [2.24, 2.45) is 0 Å². The number of ether oxygens (including phenoxy) is 1. The molecule has 20 heavy (non-hydrogen) atoms. The van der Waals surface area contributed by atoms with E-state index in [1.807, 2.05) is 0 Å². The zero-order valence-electron chi connectivity index (χ0n) is 10.7. The van der Waals surface area contributed by atoms with Crippen molar-refractivity contribution in [3.63, 3.8) is 0 Å². The van der Waals surface area contributed by atoms with Gasteiger partial charge in [0.25, 0.3) is 5.91 Å². The highest BCUT2D eigenvalue weighted by atomic mass is 35.5. The van der Waals surface area contributed by atoms with Crippen LogP contribution in [0.1, 0.15) is 15.9 Å². The van der Waals surface area contributed by atoms with E-state index < -0.39 is 0 Å². The van der Waals surface area contributed by atoms with Crippen LogP contribution in [-0.2, 0) is 6.54 Å². The Morgan fingerprint density at radius 1 is 1.30 bits per heavy atom. The number of hydrogen-bond donors (Lipinski definition) is 1. The maximum atomic E-state index is 12.0. The van der Waals surface area contributed by atoms with Crippen molar-refractivity contribution in [3.8, 4) is 5.88 Å².